The van der Waals surface area contributed by atoms with Gasteiger partial charge in [0.1, 0.15) is 39.3 Å². The SMILES string of the molecule is c1ccc(C[NH+]2CC[NH+](Cc3cccc4ccccc34)CC2)cc1. The van der Waals surface area contributed by atoms with Crippen LogP contribution in [0, 0.1) is 0 Å². The number of rotatable bonds is 4. The molecule has 2 nitrogen and oxygen atoms in total. The van der Waals surface area contributed by atoms with Crippen molar-refractivity contribution in [2.24, 2.45) is 0 Å². The van der Waals surface area contributed by atoms with Gasteiger partial charge in [-0.15, -0.1) is 0 Å². The molecule has 3 aromatic carbocycles. The number of benzene rings is 3. The molecular formula is C22H26N2+2. The average molecular weight is 318 g/mol. The highest BCUT2D eigenvalue weighted by molar-refractivity contribution is 5.85. The summed E-state index contributed by atoms with van der Waals surface area (Å²) in [5.41, 5.74) is 2.96. The summed E-state index contributed by atoms with van der Waals surface area (Å²) >= 11 is 0. The van der Waals surface area contributed by atoms with E-state index < -0.39 is 0 Å². The molecule has 0 saturated carbocycles. The van der Waals surface area contributed by atoms with Gasteiger partial charge < -0.3 is 9.80 Å². The molecule has 3 aromatic rings. The molecule has 0 bridgehead atoms. The highest BCUT2D eigenvalue weighted by atomic mass is 15.3. The van der Waals surface area contributed by atoms with Crippen LogP contribution in [-0.4, -0.2) is 26.2 Å². The Morgan fingerprint density at radius 3 is 2.00 bits per heavy atom. The molecule has 0 spiro atoms. The minimum Gasteiger partial charge on any atom is -0.322 e. The molecule has 1 aliphatic heterocycles. The van der Waals surface area contributed by atoms with E-state index in [4.69, 9.17) is 0 Å². The van der Waals surface area contributed by atoms with Crippen LogP contribution in [-0.2, 0) is 13.1 Å². The number of hydrogen-bond donors (Lipinski definition) is 2. The van der Waals surface area contributed by atoms with Gasteiger partial charge in [-0.25, -0.2) is 0 Å². The Morgan fingerprint density at radius 1 is 0.583 bits per heavy atom. The van der Waals surface area contributed by atoms with Crippen molar-refractivity contribution in [3.63, 3.8) is 0 Å². The maximum absolute atomic E-state index is 2.30. The van der Waals surface area contributed by atoms with Crippen molar-refractivity contribution in [2.75, 3.05) is 26.2 Å². The van der Waals surface area contributed by atoms with Crippen LogP contribution < -0.4 is 9.80 Å². The third-order valence-corrected chi connectivity index (χ3v) is 5.28. The molecule has 0 atom stereocenters. The molecule has 0 amide bonds. The minimum absolute atomic E-state index is 1.15. The number of fused-ring (bicyclic) bond motifs is 1. The van der Waals surface area contributed by atoms with E-state index in [9.17, 15) is 0 Å². The van der Waals surface area contributed by atoms with E-state index in [0.717, 1.165) is 6.54 Å². The van der Waals surface area contributed by atoms with E-state index in [1.807, 2.05) is 0 Å². The van der Waals surface area contributed by atoms with E-state index in [1.165, 1.54) is 54.6 Å². The summed E-state index contributed by atoms with van der Waals surface area (Å²) in [4.78, 5) is 3.45. The van der Waals surface area contributed by atoms with E-state index in [1.54, 1.807) is 9.80 Å². The lowest BCUT2D eigenvalue weighted by molar-refractivity contribution is -1.02. The smallest absolute Gasteiger partial charge is 0.127 e. The van der Waals surface area contributed by atoms with Crippen molar-refractivity contribution in [3.05, 3.63) is 83.9 Å². The van der Waals surface area contributed by atoms with E-state index in [-0.39, 0.29) is 0 Å². The molecule has 1 saturated heterocycles. The van der Waals surface area contributed by atoms with Gasteiger partial charge >= 0.3 is 0 Å². The Hall–Kier alpha value is -2.16. The maximum Gasteiger partial charge on any atom is 0.127 e. The third kappa shape index (κ3) is 3.50. The van der Waals surface area contributed by atoms with Crippen molar-refractivity contribution < 1.29 is 9.80 Å². The predicted molar refractivity (Wildman–Crippen MR) is 99.2 cm³/mol. The summed E-state index contributed by atoms with van der Waals surface area (Å²) in [6.07, 6.45) is 0. The summed E-state index contributed by atoms with van der Waals surface area (Å²) in [5, 5.41) is 2.79. The molecular weight excluding hydrogens is 292 g/mol. The Kier molecular flexibility index (Phi) is 4.59. The first-order valence-electron chi connectivity index (χ1n) is 9.06. The van der Waals surface area contributed by atoms with Gasteiger partial charge in [-0.1, -0.05) is 72.8 Å². The van der Waals surface area contributed by atoms with Crippen LogP contribution in [0.2, 0.25) is 0 Å². The molecule has 1 heterocycles. The van der Waals surface area contributed by atoms with Crippen LogP contribution in [0.15, 0.2) is 72.8 Å². The third-order valence-electron chi connectivity index (χ3n) is 5.28. The molecule has 24 heavy (non-hydrogen) atoms. The van der Waals surface area contributed by atoms with Crippen molar-refractivity contribution in [1.29, 1.82) is 0 Å². The summed E-state index contributed by atoms with van der Waals surface area (Å²) in [7, 11) is 0. The molecule has 0 unspecified atom stereocenters. The molecule has 0 radical (unpaired) electrons. The Bertz CT molecular complexity index is 784. The van der Waals surface area contributed by atoms with Gasteiger partial charge in [0.25, 0.3) is 0 Å². The zero-order valence-electron chi connectivity index (χ0n) is 14.2. The number of piperazine rings is 1. The molecule has 0 aliphatic carbocycles. The summed E-state index contributed by atoms with van der Waals surface area (Å²) < 4.78 is 0. The lowest BCUT2D eigenvalue weighted by atomic mass is 10.0. The molecule has 4 rings (SSSR count). The van der Waals surface area contributed by atoms with Crippen LogP contribution >= 0.6 is 0 Å². The molecule has 2 N–H and O–H groups in total. The highest BCUT2D eigenvalue weighted by Crippen LogP contribution is 2.17. The monoisotopic (exact) mass is 318 g/mol. The average Bonchev–Trinajstić information content (AvgIpc) is 2.65. The zero-order valence-corrected chi connectivity index (χ0v) is 14.2. The Morgan fingerprint density at radius 2 is 1.21 bits per heavy atom. The van der Waals surface area contributed by atoms with Gasteiger partial charge in [-0.3, -0.25) is 0 Å². The van der Waals surface area contributed by atoms with Gasteiger partial charge in [0.05, 0.1) is 0 Å². The van der Waals surface area contributed by atoms with Gasteiger partial charge in [0.2, 0.25) is 0 Å². The van der Waals surface area contributed by atoms with Crippen molar-refractivity contribution in [3.8, 4) is 0 Å². The first kappa shape index (κ1) is 15.4. The van der Waals surface area contributed by atoms with E-state index >= 15 is 0 Å². The van der Waals surface area contributed by atoms with Gasteiger partial charge in [-0.05, 0) is 10.8 Å². The second-order valence-electron chi connectivity index (χ2n) is 6.98. The van der Waals surface area contributed by atoms with Crippen molar-refractivity contribution in [1.82, 2.24) is 0 Å². The second-order valence-corrected chi connectivity index (χ2v) is 6.98. The lowest BCUT2D eigenvalue weighted by Crippen LogP contribution is -3.27. The fourth-order valence-corrected chi connectivity index (χ4v) is 3.91. The standard InChI is InChI=1S/C22H24N2/c1-2-7-19(8-3-1)17-23-13-15-24(16-14-23)18-21-11-6-10-20-9-4-5-12-22(20)21/h1-12H,13-18H2/p+2. The summed E-state index contributed by atoms with van der Waals surface area (Å²) in [6.45, 7) is 7.41. The number of quaternary nitrogens is 2. The zero-order chi connectivity index (χ0) is 16.2. The fraction of sp³-hybridized carbons (Fsp3) is 0.273. The fourth-order valence-electron chi connectivity index (χ4n) is 3.91. The first-order chi connectivity index (χ1) is 11.9. The van der Waals surface area contributed by atoms with Crippen LogP contribution in [0.4, 0.5) is 0 Å². The van der Waals surface area contributed by atoms with Gasteiger partial charge in [0, 0.05) is 11.1 Å². The number of hydrogen-bond acceptors (Lipinski definition) is 0. The predicted octanol–water partition coefficient (Wildman–Crippen LogP) is 1.32. The first-order valence-corrected chi connectivity index (χ1v) is 9.06. The minimum atomic E-state index is 1.15. The van der Waals surface area contributed by atoms with Crippen LogP contribution in [0.1, 0.15) is 11.1 Å². The topological polar surface area (TPSA) is 8.88 Å². The summed E-state index contributed by atoms with van der Waals surface area (Å²) in [6, 6.07) is 26.4. The largest absolute Gasteiger partial charge is 0.322 e. The summed E-state index contributed by atoms with van der Waals surface area (Å²) in [5.74, 6) is 0. The molecule has 2 heteroatoms. The molecule has 1 aliphatic rings. The lowest BCUT2D eigenvalue weighted by Gasteiger charge is -2.30. The molecule has 122 valence electrons. The number of nitrogens with one attached hydrogen (secondary N) is 2. The van der Waals surface area contributed by atoms with Crippen molar-refractivity contribution >= 4 is 10.8 Å². The van der Waals surface area contributed by atoms with Crippen LogP contribution in [0.3, 0.4) is 0 Å². The molecule has 1 fully saturated rings. The molecule has 0 aromatic heterocycles. The van der Waals surface area contributed by atoms with E-state index in [0.29, 0.717) is 0 Å². The van der Waals surface area contributed by atoms with Gasteiger partial charge in [0.15, 0.2) is 0 Å². The maximum atomic E-state index is 2.30. The van der Waals surface area contributed by atoms with Crippen LogP contribution in [0.5, 0.6) is 0 Å². The second kappa shape index (κ2) is 7.16. The van der Waals surface area contributed by atoms with E-state index in [2.05, 4.69) is 72.8 Å². The van der Waals surface area contributed by atoms with Crippen LogP contribution in [0.25, 0.3) is 10.8 Å². The Labute approximate surface area is 144 Å². The van der Waals surface area contributed by atoms with Gasteiger partial charge in [-0.2, -0.15) is 0 Å². The Balaban J connectivity index is 1.38. The normalized spacial score (nSPS) is 21.0. The van der Waals surface area contributed by atoms with Crippen molar-refractivity contribution in [2.45, 2.75) is 13.1 Å². The quantitative estimate of drug-likeness (QED) is 0.718. The highest BCUT2D eigenvalue weighted by Gasteiger charge is 2.23.